The standard InChI is InChI=1S/C19H22FN3O4S/c1-19(2,3)23-28(26,27)14-8-6-7-13(11-14)22-17(24)12-21-18(25)15-9-4-5-10-16(15)20/h4-11,23H,12H2,1-3H3,(H,21,25)(H,22,24). The molecule has 0 saturated carbocycles. The number of hydrogen-bond donors (Lipinski definition) is 3. The van der Waals surface area contributed by atoms with Crippen molar-refractivity contribution >= 4 is 27.5 Å². The van der Waals surface area contributed by atoms with Crippen LogP contribution in [-0.2, 0) is 14.8 Å². The van der Waals surface area contributed by atoms with E-state index >= 15 is 0 Å². The lowest BCUT2D eigenvalue weighted by molar-refractivity contribution is -0.115. The number of anilines is 1. The maximum absolute atomic E-state index is 13.6. The number of benzene rings is 2. The van der Waals surface area contributed by atoms with Crippen molar-refractivity contribution in [1.82, 2.24) is 10.0 Å². The van der Waals surface area contributed by atoms with E-state index in [1.165, 1.54) is 42.5 Å². The molecule has 2 aromatic carbocycles. The Bertz CT molecular complexity index is 985. The van der Waals surface area contributed by atoms with Crippen LogP contribution in [0.3, 0.4) is 0 Å². The number of halogens is 1. The third kappa shape index (κ3) is 6.14. The van der Waals surface area contributed by atoms with Crippen LogP contribution in [0, 0.1) is 5.82 Å². The van der Waals surface area contributed by atoms with E-state index in [-0.39, 0.29) is 16.1 Å². The molecule has 0 aromatic heterocycles. The van der Waals surface area contributed by atoms with Crippen LogP contribution in [0.4, 0.5) is 10.1 Å². The number of rotatable bonds is 6. The van der Waals surface area contributed by atoms with E-state index in [9.17, 15) is 22.4 Å². The van der Waals surface area contributed by atoms with Crippen molar-refractivity contribution in [2.45, 2.75) is 31.2 Å². The highest BCUT2D eigenvalue weighted by Crippen LogP contribution is 2.17. The number of nitrogens with one attached hydrogen (secondary N) is 3. The Morgan fingerprint density at radius 2 is 1.71 bits per heavy atom. The number of sulfonamides is 1. The van der Waals surface area contributed by atoms with Crippen molar-refractivity contribution < 1.29 is 22.4 Å². The van der Waals surface area contributed by atoms with Gasteiger partial charge in [0.15, 0.2) is 0 Å². The average Bonchev–Trinajstić information content (AvgIpc) is 2.58. The lowest BCUT2D eigenvalue weighted by atomic mass is 10.1. The van der Waals surface area contributed by atoms with Crippen LogP contribution < -0.4 is 15.4 Å². The van der Waals surface area contributed by atoms with Gasteiger partial charge in [-0.2, -0.15) is 0 Å². The van der Waals surface area contributed by atoms with Crippen molar-refractivity contribution in [3.63, 3.8) is 0 Å². The molecule has 0 heterocycles. The van der Waals surface area contributed by atoms with Crippen molar-refractivity contribution in [3.8, 4) is 0 Å². The molecule has 2 rings (SSSR count). The van der Waals surface area contributed by atoms with E-state index in [1.54, 1.807) is 20.8 Å². The number of amides is 2. The summed E-state index contributed by atoms with van der Waals surface area (Å²) < 4.78 is 40.8. The van der Waals surface area contributed by atoms with Gasteiger partial charge in [-0.15, -0.1) is 0 Å². The number of hydrogen-bond acceptors (Lipinski definition) is 4. The van der Waals surface area contributed by atoms with Crippen LogP contribution in [0.2, 0.25) is 0 Å². The molecule has 3 N–H and O–H groups in total. The highest BCUT2D eigenvalue weighted by molar-refractivity contribution is 7.89. The summed E-state index contributed by atoms with van der Waals surface area (Å²) in [5.41, 5.74) is -0.576. The molecule has 0 fully saturated rings. The van der Waals surface area contributed by atoms with Gasteiger partial charge >= 0.3 is 0 Å². The van der Waals surface area contributed by atoms with Gasteiger partial charge in [0.25, 0.3) is 5.91 Å². The minimum Gasteiger partial charge on any atom is -0.343 e. The molecule has 2 amide bonds. The maximum Gasteiger partial charge on any atom is 0.254 e. The third-order valence-corrected chi connectivity index (χ3v) is 5.15. The summed E-state index contributed by atoms with van der Waals surface area (Å²) in [5, 5.41) is 4.81. The molecule has 0 radical (unpaired) electrons. The molecule has 0 bridgehead atoms. The Kier molecular flexibility index (Phi) is 6.52. The fraction of sp³-hybridized carbons (Fsp3) is 0.263. The monoisotopic (exact) mass is 407 g/mol. The molecule has 0 saturated heterocycles. The van der Waals surface area contributed by atoms with Crippen LogP contribution in [0.5, 0.6) is 0 Å². The first kappa shape index (κ1) is 21.5. The molecule has 0 aliphatic heterocycles. The van der Waals surface area contributed by atoms with Gasteiger partial charge < -0.3 is 10.6 Å². The largest absolute Gasteiger partial charge is 0.343 e. The second kappa shape index (κ2) is 8.49. The summed E-state index contributed by atoms with van der Waals surface area (Å²) in [5.74, 6) is -1.99. The Hall–Kier alpha value is -2.78. The Labute approximate surface area is 163 Å². The number of carbonyl (C=O) groups is 2. The highest BCUT2D eigenvalue weighted by Gasteiger charge is 2.22. The lowest BCUT2D eigenvalue weighted by Gasteiger charge is -2.20. The summed E-state index contributed by atoms with van der Waals surface area (Å²) in [4.78, 5) is 24.0. The maximum atomic E-state index is 13.6. The van der Waals surface area contributed by atoms with Crippen molar-refractivity contribution in [2.75, 3.05) is 11.9 Å². The lowest BCUT2D eigenvalue weighted by Crippen LogP contribution is -2.40. The van der Waals surface area contributed by atoms with Crippen LogP contribution in [0.15, 0.2) is 53.4 Å². The zero-order valence-electron chi connectivity index (χ0n) is 15.7. The van der Waals surface area contributed by atoms with Gasteiger partial charge in [-0.3, -0.25) is 9.59 Å². The van der Waals surface area contributed by atoms with E-state index in [1.807, 2.05) is 0 Å². The van der Waals surface area contributed by atoms with Gasteiger partial charge in [0.1, 0.15) is 5.82 Å². The minimum atomic E-state index is -3.76. The summed E-state index contributed by atoms with van der Waals surface area (Å²) in [6.07, 6.45) is 0. The topological polar surface area (TPSA) is 104 Å². The van der Waals surface area contributed by atoms with Gasteiger partial charge in [-0.1, -0.05) is 18.2 Å². The molecular formula is C19H22FN3O4S. The first-order valence-electron chi connectivity index (χ1n) is 8.44. The molecular weight excluding hydrogens is 385 g/mol. The summed E-state index contributed by atoms with van der Waals surface area (Å²) >= 11 is 0. The third-order valence-electron chi connectivity index (χ3n) is 3.40. The second-order valence-electron chi connectivity index (χ2n) is 7.09. The molecule has 9 heteroatoms. The van der Waals surface area contributed by atoms with E-state index in [0.29, 0.717) is 0 Å². The molecule has 0 spiro atoms. The fourth-order valence-corrected chi connectivity index (χ4v) is 3.77. The molecule has 7 nitrogen and oxygen atoms in total. The van der Waals surface area contributed by atoms with E-state index < -0.39 is 39.7 Å². The van der Waals surface area contributed by atoms with E-state index in [0.717, 1.165) is 6.07 Å². The van der Waals surface area contributed by atoms with Crippen molar-refractivity contribution in [2.24, 2.45) is 0 Å². The van der Waals surface area contributed by atoms with Crippen molar-refractivity contribution in [3.05, 3.63) is 59.9 Å². The second-order valence-corrected chi connectivity index (χ2v) is 8.78. The fourth-order valence-electron chi connectivity index (χ4n) is 2.31. The van der Waals surface area contributed by atoms with E-state index in [4.69, 9.17) is 0 Å². The van der Waals surface area contributed by atoms with E-state index in [2.05, 4.69) is 15.4 Å². The average molecular weight is 407 g/mol. The van der Waals surface area contributed by atoms with Gasteiger partial charge in [-0.05, 0) is 51.1 Å². The Morgan fingerprint density at radius 1 is 1.04 bits per heavy atom. The number of carbonyl (C=O) groups excluding carboxylic acids is 2. The van der Waals surface area contributed by atoms with Crippen LogP contribution in [0.1, 0.15) is 31.1 Å². The first-order valence-corrected chi connectivity index (χ1v) is 9.93. The van der Waals surface area contributed by atoms with Gasteiger partial charge in [0, 0.05) is 11.2 Å². The SMILES string of the molecule is CC(C)(C)NS(=O)(=O)c1cccc(NC(=O)CNC(=O)c2ccccc2F)c1. The summed E-state index contributed by atoms with van der Waals surface area (Å²) in [6.45, 7) is 4.75. The van der Waals surface area contributed by atoms with Crippen LogP contribution >= 0.6 is 0 Å². The molecule has 2 aromatic rings. The predicted molar refractivity (Wildman–Crippen MR) is 104 cm³/mol. The molecule has 0 atom stereocenters. The molecule has 28 heavy (non-hydrogen) atoms. The zero-order valence-corrected chi connectivity index (χ0v) is 16.6. The minimum absolute atomic E-state index is 0.00406. The highest BCUT2D eigenvalue weighted by atomic mass is 32.2. The normalized spacial score (nSPS) is 11.7. The summed E-state index contributed by atoms with van der Waals surface area (Å²) in [6, 6.07) is 11.1. The van der Waals surface area contributed by atoms with Crippen molar-refractivity contribution in [1.29, 1.82) is 0 Å². The van der Waals surface area contributed by atoms with Gasteiger partial charge in [0.2, 0.25) is 15.9 Å². The Balaban J connectivity index is 2.01. The zero-order chi connectivity index (χ0) is 20.9. The molecule has 0 aliphatic rings. The summed E-state index contributed by atoms with van der Waals surface area (Å²) in [7, 11) is -3.76. The van der Waals surface area contributed by atoms with Gasteiger partial charge in [0.05, 0.1) is 17.0 Å². The van der Waals surface area contributed by atoms with Crippen LogP contribution in [0.25, 0.3) is 0 Å². The molecule has 0 aliphatic carbocycles. The molecule has 150 valence electrons. The Morgan fingerprint density at radius 3 is 2.36 bits per heavy atom. The van der Waals surface area contributed by atoms with Crippen LogP contribution in [-0.4, -0.2) is 32.3 Å². The smallest absolute Gasteiger partial charge is 0.254 e. The molecule has 0 unspecified atom stereocenters. The van der Waals surface area contributed by atoms with Gasteiger partial charge in [-0.25, -0.2) is 17.5 Å². The first-order chi connectivity index (χ1) is 13.0. The predicted octanol–water partition coefficient (Wildman–Crippen LogP) is 2.27. The quantitative estimate of drug-likeness (QED) is 0.683.